The zero-order chi connectivity index (χ0) is 21.3. The molecule has 0 saturated carbocycles. The highest BCUT2D eigenvalue weighted by Gasteiger charge is 2.36. The molecule has 2 aliphatic rings. The van der Waals surface area contributed by atoms with E-state index >= 15 is 0 Å². The molecule has 2 heterocycles. The molecular formula is C25H31FN2O2. The molecule has 5 heteroatoms. The summed E-state index contributed by atoms with van der Waals surface area (Å²) in [5, 5.41) is 3.30. The Morgan fingerprint density at radius 2 is 1.93 bits per heavy atom. The third-order valence-corrected chi connectivity index (χ3v) is 6.25. The fourth-order valence-corrected chi connectivity index (χ4v) is 4.60. The lowest BCUT2D eigenvalue weighted by molar-refractivity contribution is -0.127. The van der Waals surface area contributed by atoms with Gasteiger partial charge in [0.2, 0.25) is 5.91 Å². The number of carbonyl (C=O) groups is 1. The zero-order valence-corrected chi connectivity index (χ0v) is 18.1. The summed E-state index contributed by atoms with van der Waals surface area (Å²) in [5.41, 5.74) is 2.61. The van der Waals surface area contributed by atoms with Gasteiger partial charge < -0.3 is 10.1 Å². The topological polar surface area (TPSA) is 41.6 Å². The number of piperidine rings is 1. The van der Waals surface area contributed by atoms with Gasteiger partial charge in [0.25, 0.3) is 0 Å². The molecule has 4 nitrogen and oxygen atoms in total. The molecule has 0 spiro atoms. The van der Waals surface area contributed by atoms with E-state index < -0.39 is 0 Å². The lowest BCUT2D eigenvalue weighted by atomic mass is 9.88. The molecule has 1 saturated heterocycles. The van der Waals surface area contributed by atoms with Crippen LogP contribution in [0.2, 0.25) is 0 Å². The quantitative estimate of drug-likeness (QED) is 0.790. The van der Waals surface area contributed by atoms with Gasteiger partial charge in [-0.05, 0) is 64.4 Å². The van der Waals surface area contributed by atoms with Crippen molar-refractivity contribution in [2.24, 2.45) is 5.92 Å². The number of rotatable bonds is 4. The van der Waals surface area contributed by atoms with Gasteiger partial charge in [-0.25, -0.2) is 4.39 Å². The van der Waals surface area contributed by atoms with Gasteiger partial charge in [0, 0.05) is 30.0 Å². The molecule has 0 unspecified atom stereocenters. The Morgan fingerprint density at radius 3 is 2.67 bits per heavy atom. The summed E-state index contributed by atoms with van der Waals surface area (Å²) in [4.78, 5) is 15.3. The van der Waals surface area contributed by atoms with Gasteiger partial charge in [-0.1, -0.05) is 30.3 Å². The molecule has 0 aromatic heterocycles. The Bertz CT molecular complexity index is 919. The van der Waals surface area contributed by atoms with Crippen LogP contribution >= 0.6 is 0 Å². The first-order valence-corrected chi connectivity index (χ1v) is 10.9. The summed E-state index contributed by atoms with van der Waals surface area (Å²) in [6.07, 6.45) is 2.35. The largest absolute Gasteiger partial charge is 0.487 e. The fourth-order valence-electron chi connectivity index (χ4n) is 4.60. The number of hydrogen-bond acceptors (Lipinski definition) is 3. The second kappa shape index (κ2) is 8.38. The molecule has 1 N–H and O–H groups in total. The maximum Gasteiger partial charge on any atom is 0.223 e. The highest BCUT2D eigenvalue weighted by Crippen LogP contribution is 2.40. The number of carbonyl (C=O) groups excluding carboxylic acids is 1. The minimum Gasteiger partial charge on any atom is -0.487 e. The summed E-state index contributed by atoms with van der Waals surface area (Å²) < 4.78 is 20.1. The molecular weight excluding hydrogens is 379 g/mol. The van der Waals surface area contributed by atoms with Gasteiger partial charge in [-0.15, -0.1) is 0 Å². The summed E-state index contributed by atoms with van der Waals surface area (Å²) in [5.74, 6) is 0.834. The van der Waals surface area contributed by atoms with Crippen LogP contribution in [0.5, 0.6) is 5.75 Å². The molecule has 1 atom stereocenters. The van der Waals surface area contributed by atoms with Crippen molar-refractivity contribution < 1.29 is 13.9 Å². The Labute approximate surface area is 178 Å². The lowest BCUT2D eigenvalue weighted by Gasteiger charge is -2.39. The first-order valence-electron chi connectivity index (χ1n) is 10.9. The lowest BCUT2D eigenvalue weighted by Crippen LogP contribution is -2.45. The first-order chi connectivity index (χ1) is 14.3. The van der Waals surface area contributed by atoms with Crippen molar-refractivity contribution in [3.05, 3.63) is 65.0 Å². The maximum atomic E-state index is 13.9. The van der Waals surface area contributed by atoms with Crippen molar-refractivity contribution >= 4 is 5.91 Å². The van der Waals surface area contributed by atoms with Crippen LogP contribution in [0, 0.1) is 18.7 Å². The van der Waals surface area contributed by atoms with Crippen molar-refractivity contribution in [2.75, 3.05) is 13.1 Å². The van der Waals surface area contributed by atoms with Crippen molar-refractivity contribution in [2.45, 2.75) is 58.2 Å². The highest BCUT2D eigenvalue weighted by atomic mass is 19.1. The van der Waals surface area contributed by atoms with Crippen LogP contribution in [0.1, 0.15) is 55.8 Å². The molecule has 0 radical (unpaired) electrons. The summed E-state index contributed by atoms with van der Waals surface area (Å²) >= 11 is 0. The molecule has 1 amide bonds. The van der Waals surface area contributed by atoms with Crippen LogP contribution in [-0.2, 0) is 11.3 Å². The summed E-state index contributed by atoms with van der Waals surface area (Å²) in [7, 11) is 0. The van der Waals surface area contributed by atoms with E-state index in [9.17, 15) is 9.18 Å². The maximum absolute atomic E-state index is 13.9. The average Bonchev–Trinajstić information content (AvgIpc) is 2.69. The Morgan fingerprint density at radius 1 is 1.20 bits per heavy atom. The predicted molar refractivity (Wildman–Crippen MR) is 116 cm³/mol. The van der Waals surface area contributed by atoms with E-state index in [1.807, 2.05) is 19.1 Å². The number of hydrogen-bond donors (Lipinski definition) is 1. The number of aryl methyl sites for hydroxylation is 1. The Balaban J connectivity index is 1.37. The molecule has 4 rings (SSSR count). The molecule has 0 aliphatic carbocycles. The average molecular weight is 411 g/mol. The van der Waals surface area contributed by atoms with E-state index in [1.165, 1.54) is 6.07 Å². The van der Waals surface area contributed by atoms with E-state index in [2.05, 4.69) is 42.3 Å². The number of nitrogens with zero attached hydrogens (tertiary/aromatic N) is 1. The monoisotopic (exact) mass is 410 g/mol. The Hall–Kier alpha value is -2.40. The van der Waals surface area contributed by atoms with Gasteiger partial charge in [-0.2, -0.15) is 0 Å². The molecule has 0 bridgehead atoms. The van der Waals surface area contributed by atoms with Crippen molar-refractivity contribution in [1.29, 1.82) is 0 Å². The van der Waals surface area contributed by atoms with E-state index in [0.717, 1.165) is 54.8 Å². The molecule has 2 aliphatic heterocycles. The summed E-state index contributed by atoms with van der Waals surface area (Å²) in [6, 6.07) is 13.1. The number of halogens is 1. The van der Waals surface area contributed by atoms with Crippen LogP contribution in [0.3, 0.4) is 0 Å². The number of benzene rings is 2. The van der Waals surface area contributed by atoms with Gasteiger partial charge >= 0.3 is 0 Å². The third kappa shape index (κ3) is 4.67. The van der Waals surface area contributed by atoms with Crippen LogP contribution in [-0.4, -0.2) is 29.5 Å². The molecule has 160 valence electrons. The first kappa shape index (κ1) is 20.9. The third-order valence-electron chi connectivity index (χ3n) is 6.25. The fraction of sp³-hybridized carbons (Fsp3) is 0.480. The van der Waals surface area contributed by atoms with E-state index in [4.69, 9.17) is 4.74 Å². The molecule has 30 heavy (non-hydrogen) atoms. The van der Waals surface area contributed by atoms with Crippen molar-refractivity contribution in [3.63, 3.8) is 0 Å². The van der Waals surface area contributed by atoms with Crippen LogP contribution in [0.15, 0.2) is 42.5 Å². The SMILES string of the molecule is Cc1ccc2c(c1)OC(C)(C)C[C@H]2NC(=O)C1CCN(Cc2ccccc2F)CC1. The summed E-state index contributed by atoms with van der Waals surface area (Å²) in [6.45, 7) is 8.40. The number of likely N-dealkylation sites (tertiary alicyclic amines) is 1. The van der Waals surface area contributed by atoms with Crippen molar-refractivity contribution in [3.8, 4) is 5.75 Å². The highest BCUT2D eigenvalue weighted by molar-refractivity contribution is 5.79. The second-order valence-electron chi connectivity index (χ2n) is 9.31. The number of amides is 1. The number of fused-ring (bicyclic) bond motifs is 1. The van der Waals surface area contributed by atoms with Gasteiger partial charge in [0.05, 0.1) is 6.04 Å². The normalized spacial score (nSPS) is 21.5. The van der Waals surface area contributed by atoms with E-state index in [-0.39, 0.29) is 29.3 Å². The smallest absolute Gasteiger partial charge is 0.223 e. The molecule has 2 aromatic carbocycles. The van der Waals surface area contributed by atoms with Crippen LogP contribution in [0.4, 0.5) is 4.39 Å². The van der Waals surface area contributed by atoms with Gasteiger partial charge in [-0.3, -0.25) is 9.69 Å². The molecule has 2 aromatic rings. The molecule has 1 fully saturated rings. The van der Waals surface area contributed by atoms with Gasteiger partial charge in [0.15, 0.2) is 0 Å². The minimum absolute atomic E-state index is 0.00160. The van der Waals surface area contributed by atoms with Crippen LogP contribution in [0.25, 0.3) is 0 Å². The van der Waals surface area contributed by atoms with Crippen molar-refractivity contribution in [1.82, 2.24) is 10.2 Å². The Kier molecular flexibility index (Phi) is 5.83. The standard InChI is InChI=1S/C25H31FN2O2/c1-17-8-9-20-22(15-25(2,3)30-23(20)14-17)27-24(29)18-10-12-28(13-11-18)16-19-6-4-5-7-21(19)26/h4-9,14,18,22H,10-13,15-16H2,1-3H3,(H,27,29)/t22-/m1/s1. The number of nitrogens with one attached hydrogen (secondary N) is 1. The van der Waals surface area contributed by atoms with E-state index in [0.29, 0.717) is 6.54 Å². The van der Waals surface area contributed by atoms with Crippen LogP contribution < -0.4 is 10.1 Å². The predicted octanol–water partition coefficient (Wildman–Crippen LogP) is 4.76. The van der Waals surface area contributed by atoms with E-state index in [1.54, 1.807) is 6.07 Å². The zero-order valence-electron chi connectivity index (χ0n) is 18.1. The second-order valence-corrected chi connectivity index (χ2v) is 9.31. The minimum atomic E-state index is -0.318. The number of ether oxygens (including phenoxy) is 1. The van der Waals surface area contributed by atoms with Gasteiger partial charge in [0.1, 0.15) is 17.2 Å².